The third kappa shape index (κ3) is 4.57. The summed E-state index contributed by atoms with van der Waals surface area (Å²) in [5.74, 6) is 0. The van der Waals surface area contributed by atoms with Crippen LogP contribution in [0.5, 0.6) is 0 Å². The molecule has 3 aromatic heterocycles. The van der Waals surface area contributed by atoms with E-state index in [0.29, 0.717) is 41.4 Å². The molecule has 0 spiro atoms. The molecule has 1 unspecified atom stereocenters. The molecule has 0 bridgehead atoms. The van der Waals surface area contributed by atoms with E-state index >= 15 is 0 Å². The fourth-order valence-corrected chi connectivity index (χ4v) is 3.01. The standard InChI is InChI=1S/C22H22N6O2/c1-30-13-12-25-22(29)26-15-8-9-16-19(14-15)28-21(18-7-3-5-11-24-18)20(27-16)17-6-2-4-10-23-17/h2-11,14,22,25-26,29H,12-13H2,1H3. The van der Waals surface area contributed by atoms with Gasteiger partial charge in [-0.15, -0.1) is 0 Å². The van der Waals surface area contributed by atoms with Crippen LogP contribution in [0.1, 0.15) is 0 Å². The lowest BCUT2D eigenvalue weighted by Crippen LogP contribution is -2.37. The van der Waals surface area contributed by atoms with Gasteiger partial charge in [-0.2, -0.15) is 0 Å². The lowest BCUT2D eigenvalue weighted by Gasteiger charge is -2.16. The van der Waals surface area contributed by atoms with Crippen LogP contribution in [0.4, 0.5) is 5.69 Å². The second-order valence-corrected chi connectivity index (χ2v) is 6.55. The number of aliphatic hydroxyl groups excluding tert-OH is 1. The summed E-state index contributed by atoms with van der Waals surface area (Å²) in [6.07, 6.45) is 2.55. The van der Waals surface area contributed by atoms with Crippen LogP contribution in [0.2, 0.25) is 0 Å². The number of hydrogen-bond acceptors (Lipinski definition) is 8. The summed E-state index contributed by atoms with van der Waals surface area (Å²) >= 11 is 0. The number of nitrogens with zero attached hydrogens (tertiary/aromatic N) is 4. The maximum atomic E-state index is 10.1. The number of nitrogens with one attached hydrogen (secondary N) is 2. The van der Waals surface area contributed by atoms with Gasteiger partial charge in [0.05, 0.1) is 29.0 Å². The minimum atomic E-state index is -0.909. The number of aromatic nitrogens is 4. The fourth-order valence-electron chi connectivity index (χ4n) is 3.01. The van der Waals surface area contributed by atoms with E-state index in [1.165, 1.54) is 0 Å². The van der Waals surface area contributed by atoms with E-state index in [0.717, 1.165) is 11.2 Å². The molecule has 0 aliphatic heterocycles. The lowest BCUT2D eigenvalue weighted by atomic mass is 10.1. The fraction of sp³-hybridized carbons (Fsp3) is 0.182. The number of hydrogen-bond donors (Lipinski definition) is 3. The van der Waals surface area contributed by atoms with E-state index in [1.54, 1.807) is 19.5 Å². The maximum Gasteiger partial charge on any atom is 0.181 e. The Balaban J connectivity index is 1.72. The number of methoxy groups -OCH3 is 1. The Morgan fingerprint density at radius 2 is 1.57 bits per heavy atom. The van der Waals surface area contributed by atoms with Crippen LogP contribution in [-0.2, 0) is 4.74 Å². The van der Waals surface area contributed by atoms with Crippen molar-refractivity contribution >= 4 is 16.7 Å². The van der Waals surface area contributed by atoms with Gasteiger partial charge in [-0.1, -0.05) is 12.1 Å². The number of ether oxygens (including phenoxy) is 1. The first-order valence-corrected chi connectivity index (χ1v) is 9.56. The van der Waals surface area contributed by atoms with Gasteiger partial charge in [0.25, 0.3) is 0 Å². The molecule has 1 atom stereocenters. The summed E-state index contributed by atoms with van der Waals surface area (Å²) in [4.78, 5) is 18.5. The minimum Gasteiger partial charge on any atom is -0.383 e. The van der Waals surface area contributed by atoms with Gasteiger partial charge in [0.2, 0.25) is 0 Å². The van der Waals surface area contributed by atoms with Crippen molar-refractivity contribution in [3.63, 3.8) is 0 Å². The van der Waals surface area contributed by atoms with Crippen molar-refractivity contribution in [2.24, 2.45) is 0 Å². The van der Waals surface area contributed by atoms with Crippen LogP contribution in [0.15, 0.2) is 67.0 Å². The van der Waals surface area contributed by atoms with Crippen LogP contribution < -0.4 is 10.6 Å². The molecular weight excluding hydrogens is 380 g/mol. The molecule has 4 aromatic rings. The van der Waals surface area contributed by atoms with Gasteiger partial charge in [0, 0.05) is 31.7 Å². The number of aliphatic hydroxyl groups is 1. The normalized spacial score (nSPS) is 12.1. The third-order valence-corrected chi connectivity index (χ3v) is 4.43. The van der Waals surface area contributed by atoms with E-state index in [4.69, 9.17) is 14.7 Å². The van der Waals surface area contributed by atoms with E-state index in [1.807, 2.05) is 54.6 Å². The van der Waals surface area contributed by atoms with Crippen molar-refractivity contribution in [3.8, 4) is 22.8 Å². The first-order valence-electron chi connectivity index (χ1n) is 9.56. The average molecular weight is 402 g/mol. The molecule has 3 N–H and O–H groups in total. The van der Waals surface area contributed by atoms with Gasteiger partial charge < -0.3 is 15.2 Å². The first kappa shape index (κ1) is 19.8. The van der Waals surface area contributed by atoms with Crippen LogP contribution in [0.3, 0.4) is 0 Å². The molecule has 152 valence electrons. The minimum absolute atomic E-state index is 0.506. The molecule has 8 heteroatoms. The number of benzene rings is 1. The summed E-state index contributed by atoms with van der Waals surface area (Å²) in [5, 5.41) is 16.0. The maximum absolute atomic E-state index is 10.1. The highest BCUT2D eigenvalue weighted by molar-refractivity contribution is 5.86. The Morgan fingerprint density at radius 3 is 2.17 bits per heavy atom. The molecule has 30 heavy (non-hydrogen) atoms. The highest BCUT2D eigenvalue weighted by Gasteiger charge is 2.15. The van der Waals surface area contributed by atoms with Crippen LogP contribution in [-0.4, -0.2) is 51.7 Å². The van der Waals surface area contributed by atoms with Crippen molar-refractivity contribution in [1.29, 1.82) is 0 Å². The van der Waals surface area contributed by atoms with Crippen molar-refractivity contribution in [2.45, 2.75) is 6.35 Å². The Hall–Kier alpha value is -3.46. The molecule has 0 saturated carbocycles. The largest absolute Gasteiger partial charge is 0.383 e. The van der Waals surface area contributed by atoms with Gasteiger partial charge in [-0.05, 0) is 42.5 Å². The molecular formula is C22H22N6O2. The average Bonchev–Trinajstić information content (AvgIpc) is 2.79. The lowest BCUT2D eigenvalue weighted by molar-refractivity contribution is 0.138. The van der Waals surface area contributed by atoms with Gasteiger partial charge >= 0.3 is 0 Å². The zero-order valence-corrected chi connectivity index (χ0v) is 16.5. The zero-order chi connectivity index (χ0) is 20.8. The predicted octanol–water partition coefficient (Wildman–Crippen LogP) is 2.68. The van der Waals surface area contributed by atoms with E-state index in [9.17, 15) is 5.11 Å². The third-order valence-electron chi connectivity index (χ3n) is 4.43. The summed E-state index contributed by atoms with van der Waals surface area (Å²) < 4.78 is 4.97. The first-order chi connectivity index (χ1) is 14.7. The molecule has 0 aliphatic carbocycles. The second kappa shape index (κ2) is 9.36. The molecule has 4 rings (SSSR count). The number of rotatable bonds is 8. The molecule has 1 aromatic carbocycles. The van der Waals surface area contributed by atoms with E-state index < -0.39 is 6.35 Å². The second-order valence-electron chi connectivity index (χ2n) is 6.55. The van der Waals surface area contributed by atoms with E-state index in [-0.39, 0.29) is 0 Å². The Labute approximate surface area is 174 Å². The van der Waals surface area contributed by atoms with Gasteiger partial charge in [0.15, 0.2) is 6.35 Å². The van der Waals surface area contributed by atoms with Gasteiger partial charge in [-0.3, -0.25) is 15.3 Å². The van der Waals surface area contributed by atoms with Crippen LogP contribution in [0.25, 0.3) is 33.8 Å². The summed E-state index contributed by atoms with van der Waals surface area (Å²) in [5.41, 5.74) is 4.89. The van der Waals surface area contributed by atoms with Gasteiger partial charge in [-0.25, -0.2) is 9.97 Å². The molecule has 0 amide bonds. The van der Waals surface area contributed by atoms with Gasteiger partial charge in [0.1, 0.15) is 11.4 Å². The molecule has 0 radical (unpaired) electrons. The summed E-state index contributed by atoms with van der Waals surface area (Å²) in [7, 11) is 1.61. The molecule has 0 aliphatic rings. The highest BCUT2D eigenvalue weighted by atomic mass is 16.5. The van der Waals surface area contributed by atoms with Crippen LogP contribution >= 0.6 is 0 Å². The molecule has 3 heterocycles. The van der Waals surface area contributed by atoms with Crippen LogP contribution in [0, 0.1) is 0 Å². The molecule has 8 nitrogen and oxygen atoms in total. The zero-order valence-electron chi connectivity index (χ0n) is 16.5. The predicted molar refractivity (Wildman–Crippen MR) is 116 cm³/mol. The quantitative estimate of drug-likeness (QED) is 0.305. The van der Waals surface area contributed by atoms with Crippen molar-refractivity contribution < 1.29 is 9.84 Å². The van der Waals surface area contributed by atoms with E-state index in [2.05, 4.69) is 20.6 Å². The number of pyridine rings is 2. The smallest absolute Gasteiger partial charge is 0.181 e. The summed E-state index contributed by atoms with van der Waals surface area (Å²) in [6.45, 7) is 1.03. The number of anilines is 1. The van der Waals surface area contributed by atoms with Crippen molar-refractivity contribution in [3.05, 3.63) is 67.0 Å². The van der Waals surface area contributed by atoms with Crippen molar-refractivity contribution in [1.82, 2.24) is 25.3 Å². The highest BCUT2D eigenvalue weighted by Crippen LogP contribution is 2.29. The Morgan fingerprint density at radius 1 is 0.900 bits per heavy atom. The number of fused-ring (bicyclic) bond motifs is 1. The monoisotopic (exact) mass is 402 g/mol. The summed E-state index contributed by atoms with van der Waals surface area (Å²) in [6, 6.07) is 16.9. The Kier molecular flexibility index (Phi) is 6.19. The Bertz CT molecular complexity index is 1110. The topological polar surface area (TPSA) is 105 Å². The SMILES string of the molecule is COCCNC(O)Nc1ccc2nc(-c3ccccn3)c(-c3ccccn3)nc2c1. The molecule has 0 saturated heterocycles. The van der Waals surface area contributed by atoms with Crippen molar-refractivity contribution in [2.75, 3.05) is 25.6 Å². The molecule has 0 fully saturated rings.